The number of carbonyl (C=O) groups is 3. The molecule has 0 saturated heterocycles. The first-order chi connectivity index (χ1) is 36.0. The first-order valence-electron chi connectivity index (χ1n) is 31.4. The van der Waals surface area contributed by atoms with Crippen LogP contribution in [0.15, 0.2) is 72.9 Å². The fourth-order valence-corrected chi connectivity index (χ4v) is 9.06. The minimum Gasteiger partial charge on any atom is -0.462 e. The van der Waals surface area contributed by atoms with Gasteiger partial charge in [0.25, 0.3) is 0 Å². The van der Waals surface area contributed by atoms with Gasteiger partial charge in [-0.15, -0.1) is 0 Å². The topological polar surface area (TPSA) is 78.9 Å². The largest absolute Gasteiger partial charge is 0.462 e. The van der Waals surface area contributed by atoms with Crippen LogP contribution in [0.5, 0.6) is 0 Å². The van der Waals surface area contributed by atoms with Gasteiger partial charge in [-0.25, -0.2) is 0 Å². The van der Waals surface area contributed by atoms with E-state index < -0.39 is 6.10 Å². The lowest BCUT2D eigenvalue weighted by atomic mass is 10.0. The number of hydrogen-bond acceptors (Lipinski definition) is 6. The van der Waals surface area contributed by atoms with E-state index in [1.165, 1.54) is 193 Å². The second kappa shape index (κ2) is 61.4. The van der Waals surface area contributed by atoms with Crippen molar-refractivity contribution in [2.45, 2.75) is 322 Å². The molecule has 6 heteroatoms. The lowest BCUT2D eigenvalue weighted by Crippen LogP contribution is -2.30. The molecule has 0 rings (SSSR count). The highest BCUT2D eigenvalue weighted by Gasteiger charge is 2.19. The number of unbranched alkanes of at least 4 members (excludes halogenated alkanes) is 34. The average molecular weight is 1020 g/mol. The molecule has 73 heavy (non-hydrogen) atoms. The normalized spacial score (nSPS) is 12.5. The molecule has 0 N–H and O–H groups in total. The average Bonchev–Trinajstić information content (AvgIpc) is 3.39. The lowest BCUT2D eigenvalue weighted by Gasteiger charge is -2.18. The van der Waals surface area contributed by atoms with Gasteiger partial charge in [-0.2, -0.15) is 0 Å². The predicted molar refractivity (Wildman–Crippen MR) is 316 cm³/mol. The van der Waals surface area contributed by atoms with Crippen LogP contribution in [0.25, 0.3) is 0 Å². The smallest absolute Gasteiger partial charge is 0.306 e. The Morgan fingerprint density at radius 2 is 0.534 bits per heavy atom. The molecule has 0 aliphatic carbocycles. The Balaban J connectivity index is 4.18. The van der Waals surface area contributed by atoms with Gasteiger partial charge in [0.15, 0.2) is 6.10 Å². The van der Waals surface area contributed by atoms with Crippen molar-refractivity contribution in [2.24, 2.45) is 0 Å². The van der Waals surface area contributed by atoms with Gasteiger partial charge in [-0.1, -0.05) is 312 Å². The lowest BCUT2D eigenvalue weighted by molar-refractivity contribution is -0.166. The molecule has 1 atom stereocenters. The summed E-state index contributed by atoms with van der Waals surface area (Å²) >= 11 is 0. The molecule has 0 fully saturated rings. The highest BCUT2D eigenvalue weighted by atomic mass is 16.6. The summed E-state index contributed by atoms with van der Waals surface area (Å²) in [5.74, 6) is -0.980. The second-order valence-electron chi connectivity index (χ2n) is 21.0. The summed E-state index contributed by atoms with van der Waals surface area (Å²) < 4.78 is 16.8. The van der Waals surface area contributed by atoms with E-state index in [0.717, 1.165) is 77.0 Å². The maximum atomic E-state index is 12.8. The maximum absolute atomic E-state index is 12.8. The van der Waals surface area contributed by atoms with Crippen LogP contribution in [0.1, 0.15) is 316 Å². The number of esters is 3. The Morgan fingerprint density at radius 3 is 0.808 bits per heavy atom. The van der Waals surface area contributed by atoms with Gasteiger partial charge in [-0.3, -0.25) is 14.4 Å². The van der Waals surface area contributed by atoms with Gasteiger partial charge < -0.3 is 14.2 Å². The van der Waals surface area contributed by atoms with Crippen molar-refractivity contribution in [1.82, 2.24) is 0 Å². The molecular weight excluding hydrogens is 901 g/mol. The predicted octanol–water partition coefficient (Wildman–Crippen LogP) is 21.3. The zero-order valence-electron chi connectivity index (χ0n) is 48.4. The van der Waals surface area contributed by atoms with E-state index in [1.54, 1.807) is 0 Å². The van der Waals surface area contributed by atoms with Gasteiger partial charge in [-0.05, 0) is 57.8 Å². The van der Waals surface area contributed by atoms with E-state index in [4.69, 9.17) is 14.2 Å². The van der Waals surface area contributed by atoms with Crippen LogP contribution in [0.3, 0.4) is 0 Å². The molecule has 1 unspecified atom stereocenters. The molecular formula is C67H118O6. The van der Waals surface area contributed by atoms with Crippen molar-refractivity contribution in [3.8, 4) is 0 Å². The fourth-order valence-electron chi connectivity index (χ4n) is 9.06. The van der Waals surface area contributed by atoms with Gasteiger partial charge in [0.1, 0.15) is 13.2 Å². The highest BCUT2D eigenvalue weighted by Crippen LogP contribution is 2.17. The summed E-state index contributed by atoms with van der Waals surface area (Å²) in [6.07, 6.45) is 79.6. The van der Waals surface area contributed by atoms with E-state index in [2.05, 4.69) is 87.6 Å². The molecule has 0 bridgehead atoms. The van der Waals surface area contributed by atoms with Gasteiger partial charge in [0.05, 0.1) is 0 Å². The third kappa shape index (κ3) is 59.6. The van der Waals surface area contributed by atoms with E-state index in [9.17, 15) is 14.4 Å². The van der Waals surface area contributed by atoms with Gasteiger partial charge >= 0.3 is 17.9 Å². The third-order valence-electron chi connectivity index (χ3n) is 13.7. The van der Waals surface area contributed by atoms with E-state index in [-0.39, 0.29) is 37.5 Å². The molecule has 0 aromatic heterocycles. The third-order valence-corrected chi connectivity index (χ3v) is 13.7. The van der Waals surface area contributed by atoms with E-state index in [1.807, 2.05) is 6.08 Å². The van der Waals surface area contributed by atoms with Crippen LogP contribution in [-0.4, -0.2) is 37.2 Å². The zero-order chi connectivity index (χ0) is 52.9. The standard InChI is InChI=1S/C67H118O6/c1-4-7-10-13-16-19-21-23-25-27-29-30-31-32-33-34-35-36-37-39-40-42-44-46-48-51-54-57-60-66(69)72-63-64(62-71-65(68)59-56-53-50-18-15-12-9-6-3)73-67(70)61-58-55-52-49-47-45-43-41-38-28-26-24-22-20-17-14-11-8-5-2/h8,11,17,20,24,26,38,41,45,47,52,55,64H,4-7,9-10,12-16,18-19,21-23,25,27-37,39-40,42-44,46,48-51,53-54,56-63H2,1-3H3/b11-8-,20-17-,26-24-,41-38-,47-45-,55-52-. The van der Waals surface area contributed by atoms with Gasteiger partial charge in [0, 0.05) is 19.3 Å². The Hall–Kier alpha value is -3.15. The van der Waals surface area contributed by atoms with Gasteiger partial charge in [0.2, 0.25) is 0 Å². The van der Waals surface area contributed by atoms with Crippen LogP contribution >= 0.6 is 0 Å². The summed E-state index contributed by atoms with van der Waals surface area (Å²) in [6, 6.07) is 0. The van der Waals surface area contributed by atoms with Crippen LogP contribution in [0, 0.1) is 0 Å². The number of rotatable bonds is 57. The molecule has 0 aliphatic heterocycles. The zero-order valence-corrected chi connectivity index (χ0v) is 48.4. The van der Waals surface area contributed by atoms with Crippen molar-refractivity contribution in [3.63, 3.8) is 0 Å². The molecule has 0 aromatic rings. The second-order valence-corrected chi connectivity index (χ2v) is 21.0. The number of ether oxygens (including phenoxy) is 3. The summed E-state index contributed by atoms with van der Waals surface area (Å²) in [4.78, 5) is 38.0. The molecule has 0 saturated carbocycles. The van der Waals surface area contributed by atoms with Crippen LogP contribution in [0.4, 0.5) is 0 Å². The first kappa shape index (κ1) is 69.8. The Morgan fingerprint density at radius 1 is 0.288 bits per heavy atom. The molecule has 0 aromatic carbocycles. The first-order valence-corrected chi connectivity index (χ1v) is 31.4. The molecule has 0 heterocycles. The van der Waals surface area contributed by atoms with Crippen LogP contribution in [0.2, 0.25) is 0 Å². The maximum Gasteiger partial charge on any atom is 0.306 e. The number of allylic oxidation sites excluding steroid dienone is 12. The van der Waals surface area contributed by atoms with E-state index >= 15 is 0 Å². The van der Waals surface area contributed by atoms with E-state index in [0.29, 0.717) is 19.3 Å². The van der Waals surface area contributed by atoms with Crippen LogP contribution < -0.4 is 0 Å². The van der Waals surface area contributed by atoms with Crippen molar-refractivity contribution < 1.29 is 28.6 Å². The van der Waals surface area contributed by atoms with Crippen LogP contribution in [-0.2, 0) is 28.6 Å². The summed E-state index contributed by atoms with van der Waals surface area (Å²) in [5.41, 5.74) is 0. The minimum absolute atomic E-state index is 0.102. The van der Waals surface area contributed by atoms with Crippen molar-refractivity contribution in [1.29, 1.82) is 0 Å². The Bertz CT molecular complexity index is 1360. The summed E-state index contributed by atoms with van der Waals surface area (Å²) in [5, 5.41) is 0. The van der Waals surface area contributed by atoms with Crippen molar-refractivity contribution in [2.75, 3.05) is 13.2 Å². The molecule has 0 radical (unpaired) electrons. The monoisotopic (exact) mass is 1020 g/mol. The molecule has 6 nitrogen and oxygen atoms in total. The van der Waals surface area contributed by atoms with Crippen molar-refractivity contribution >= 4 is 17.9 Å². The molecule has 0 amide bonds. The number of carbonyl (C=O) groups excluding carboxylic acids is 3. The van der Waals surface area contributed by atoms with Crippen molar-refractivity contribution in [3.05, 3.63) is 72.9 Å². The molecule has 0 spiro atoms. The summed E-state index contributed by atoms with van der Waals surface area (Å²) in [6.45, 7) is 6.47. The Labute approximate surface area is 453 Å². The highest BCUT2D eigenvalue weighted by molar-refractivity contribution is 5.71. The summed E-state index contributed by atoms with van der Waals surface area (Å²) in [7, 11) is 0. The Kier molecular flexibility index (Phi) is 58.7. The molecule has 0 aliphatic rings. The fraction of sp³-hybridized carbons (Fsp3) is 0.776. The molecule has 422 valence electrons. The number of hydrogen-bond donors (Lipinski definition) is 0. The quantitative estimate of drug-likeness (QED) is 0.0261. The SMILES string of the molecule is CC/C=C\C/C=C\C/C=C\C/C=C\C/C=C\C/C=C\CCC(=O)OC(COC(=O)CCCCCCCCCC)COC(=O)CCCCCCCCCCCCCCCCCCCCCCCCCCCCCC. The minimum atomic E-state index is -0.812.